The van der Waals surface area contributed by atoms with Crippen LogP contribution < -0.4 is 10.1 Å². The van der Waals surface area contributed by atoms with Crippen molar-refractivity contribution in [3.63, 3.8) is 0 Å². The Morgan fingerprint density at radius 3 is 2.69 bits per heavy atom. The van der Waals surface area contributed by atoms with Crippen molar-refractivity contribution in [1.82, 2.24) is 20.1 Å². The van der Waals surface area contributed by atoms with Crippen LogP contribution in [-0.4, -0.2) is 84.6 Å². The molecule has 0 aliphatic carbocycles. The largest absolute Gasteiger partial charge is 0.491 e. The Morgan fingerprint density at radius 2 is 1.94 bits per heavy atom. The molecule has 2 aromatic carbocycles. The molecule has 2 aliphatic rings. The first-order valence-electron chi connectivity index (χ1n) is 12.6. The molecule has 2 unspecified atom stereocenters. The van der Waals surface area contributed by atoms with Crippen LogP contribution in [0.5, 0.6) is 5.75 Å². The third-order valence-electron chi connectivity index (χ3n) is 6.91. The molecule has 1 fully saturated rings. The lowest BCUT2D eigenvalue weighted by atomic mass is 9.92. The average molecular weight is 513 g/mol. The fraction of sp³-hybridized carbons (Fsp3) is 0.444. The summed E-state index contributed by atoms with van der Waals surface area (Å²) < 4.78 is 11.3. The molecule has 0 spiro atoms. The number of fused-ring (bicyclic) bond motifs is 3. The van der Waals surface area contributed by atoms with Crippen molar-refractivity contribution in [3.05, 3.63) is 64.3 Å². The molecule has 1 saturated heterocycles. The number of ether oxygens (including phenoxy) is 2. The first kappa shape index (κ1) is 24.9. The first-order chi connectivity index (χ1) is 17.5. The summed E-state index contributed by atoms with van der Waals surface area (Å²) >= 11 is 6.28. The number of carbonyl (C=O) groups excluding carboxylic acids is 1. The predicted octanol–water partition coefficient (Wildman–Crippen LogP) is 3.57. The number of aromatic nitrogens is 1. The maximum absolute atomic E-state index is 12.9. The molecule has 3 N–H and O–H groups in total. The van der Waals surface area contributed by atoms with E-state index in [1.165, 1.54) is 5.56 Å². The van der Waals surface area contributed by atoms with Gasteiger partial charge in [0.25, 0.3) is 0 Å². The SMILES string of the molecule is CCOC(=O)N1CCc2c([nH]c3ccc(Cl)cc23)C1c1ccc(OCC(O)CN2CCNCC2)cc1. The molecular weight excluding hydrogens is 480 g/mol. The molecule has 9 heteroatoms. The van der Waals surface area contributed by atoms with Crippen LogP contribution in [0.15, 0.2) is 42.5 Å². The Bertz CT molecular complexity index is 1190. The Morgan fingerprint density at radius 1 is 1.17 bits per heavy atom. The van der Waals surface area contributed by atoms with Gasteiger partial charge in [0.2, 0.25) is 0 Å². The molecule has 2 aliphatic heterocycles. The number of hydrogen-bond acceptors (Lipinski definition) is 6. The second-order valence-electron chi connectivity index (χ2n) is 9.34. The van der Waals surface area contributed by atoms with Crippen LogP contribution in [0.25, 0.3) is 10.9 Å². The van der Waals surface area contributed by atoms with E-state index in [1.54, 1.807) is 4.90 Å². The number of aliphatic hydroxyl groups is 1. The number of H-pyrrole nitrogens is 1. The summed E-state index contributed by atoms with van der Waals surface area (Å²) in [4.78, 5) is 20.4. The lowest BCUT2D eigenvalue weighted by Gasteiger charge is -2.35. The summed E-state index contributed by atoms with van der Waals surface area (Å²) in [6, 6.07) is 13.2. The summed E-state index contributed by atoms with van der Waals surface area (Å²) in [7, 11) is 0. The van der Waals surface area contributed by atoms with Gasteiger partial charge in [-0.25, -0.2) is 4.79 Å². The van der Waals surface area contributed by atoms with E-state index in [4.69, 9.17) is 21.1 Å². The monoisotopic (exact) mass is 512 g/mol. The molecule has 2 atom stereocenters. The highest BCUT2D eigenvalue weighted by atomic mass is 35.5. The van der Waals surface area contributed by atoms with Gasteiger partial charge < -0.3 is 24.9 Å². The van der Waals surface area contributed by atoms with Gasteiger partial charge in [-0.15, -0.1) is 0 Å². The van der Waals surface area contributed by atoms with Crippen molar-refractivity contribution in [3.8, 4) is 5.75 Å². The van der Waals surface area contributed by atoms with Crippen LogP contribution in [0.4, 0.5) is 4.79 Å². The standard InChI is InChI=1S/C27H33ClN4O4/c1-2-35-27(34)32-12-9-22-23-15-19(28)5-8-24(23)30-25(22)26(32)18-3-6-21(7-4-18)36-17-20(33)16-31-13-10-29-11-14-31/h3-8,15,20,26,29-30,33H,2,9-14,16-17H2,1H3. The van der Waals surface area contributed by atoms with Gasteiger partial charge in [0.1, 0.15) is 24.5 Å². The molecule has 0 radical (unpaired) electrons. The second-order valence-corrected chi connectivity index (χ2v) is 9.77. The third-order valence-corrected chi connectivity index (χ3v) is 7.14. The fourth-order valence-corrected chi connectivity index (χ4v) is 5.37. The molecule has 0 bridgehead atoms. The number of rotatable bonds is 7. The number of carbonyl (C=O) groups is 1. The summed E-state index contributed by atoms with van der Waals surface area (Å²) in [5.74, 6) is 0.681. The van der Waals surface area contributed by atoms with Crippen molar-refractivity contribution >= 4 is 28.6 Å². The molecule has 1 amide bonds. The van der Waals surface area contributed by atoms with Crippen molar-refractivity contribution in [2.75, 3.05) is 52.5 Å². The highest BCUT2D eigenvalue weighted by Gasteiger charge is 2.35. The number of nitrogens with one attached hydrogen (secondary N) is 2. The molecule has 8 nitrogen and oxygen atoms in total. The number of piperazine rings is 1. The normalized spacial score (nSPS) is 19.2. The van der Waals surface area contributed by atoms with Crippen LogP contribution in [-0.2, 0) is 11.2 Å². The topological polar surface area (TPSA) is 90.1 Å². The number of hydrogen-bond donors (Lipinski definition) is 3. The second kappa shape index (κ2) is 11.1. The van der Waals surface area contributed by atoms with Gasteiger partial charge in [0.15, 0.2) is 0 Å². The van der Waals surface area contributed by atoms with E-state index < -0.39 is 6.10 Å². The number of amides is 1. The summed E-state index contributed by atoms with van der Waals surface area (Å²) in [5, 5.41) is 15.5. The van der Waals surface area contributed by atoms with Gasteiger partial charge in [-0.1, -0.05) is 23.7 Å². The van der Waals surface area contributed by atoms with Crippen LogP contribution in [0, 0.1) is 0 Å². The summed E-state index contributed by atoms with van der Waals surface area (Å²) in [5.41, 5.74) is 4.11. The van der Waals surface area contributed by atoms with Gasteiger partial charge in [-0.3, -0.25) is 9.80 Å². The number of aliphatic hydroxyl groups excluding tert-OH is 1. The van der Waals surface area contributed by atoms with Crippen LogP contribution in [0.2, 0.25) is 5.02 Å². The van der Waals surface area contributed by atoms with Crippen molar-refractivity contribution in [2.24, 2.45) is 0 Å². The average Bonchev–Trinajstić information content (AvgIpc) is 3.26. The number of β-amino-alcohol motifs (C(OH)–C–C–N with tert-alkyl or cyclic N) is 1. The van der Waals surface area contributed by atoms with E-state index in [1.807, 2.05) is 49.4 Å². The zero-order valence-corrected chi connectivity index (χ0v) is 21.3. The highest BCUT2D eigenvalue weighted by molar-refractivity contribution is 6.31. The van der Waals surface area contributed by atoms with Gasteiger partial charge >= 0.3 is 6.09 Å². The minimum Gasteiger partial charge on any atom is -0.491 e. The van der Waals surface area contributed by atoms with E-state index >= 15 is 0 Å². The van der Waals surface area contributed by atoms with Crippen LogP contribution >= 0.6 is 11.6 Å². The zero-order valence-electron chi connectivity index (χ0n) is 20.5. The van der Waals surface area contributed by atoms with E-state index in [0.717, 1.165) is 54.8 Å². The Balaban J connectivity index is 1.35. The molecular formula is C27H33ClN4O4. The molecule has 36 heavy (non-hydrogen) atoms. The molecule has 0 saturated carbocycles. The van der Waals surface area contributed by atoms with Crippen molar-refractivity contribution in [1.29, 1.82) is 0 Å². The molecule has 3 heterocycles. The molecule has 5 rings (SSSR count). The van der Waals surface area contributed by atoms with E-state index in [0.29, 0.717) is 30.5 Å². The molecule has 192 valence electrons. The van der Waals surface area contributed by atoms with Gasteiger partial charge in [0.05, 0.1) is 6.61 Å². The van der Waals surface area contributed by atoms with Gasteiger partial charge in [0, 0.05) is 60.9 Å². The third kappa shape index (κ3) is 5.32. The summed E-state index contributed by atoms with van der Waals surface area (Å²) in [6.07, 6.45) is -0.167. The predicted molar refractivity (Wildman–Crippen MR) is 140 cm³/mol. The highest BCUT2D eigenvalue weighted by Crippen LogP contribution is 2.39. The number of halogens is 1. The van der Waals surface area contributed by atoms with Gasteiger partial charge in [-0.2, -0.15) is 0 Å². The van der Waals surface area contributed by atoms with E-state index in [-0.39, 0.29) is 18.7 Å². The van der Waals surface area contributed by atoms with Crippen LogP contribution in [0.3, 0.4) is 0 Å². The number of benzene rings is 2. The smallest absolute Gasteiger partial charge is 0.410 e. The van der Waals surface area contributed by atoms with Crippen molar-refractivity contribution < 1.29 is 19.4 Å². The summed E-state index contributed by atoms with van der Waals surface area (Å²) in [6.45, 7) is 7.28. The maximum atomic E-state index is 12.9. The van der Waals surface area contributed by atoms with Crippen molar-refractivity contribution in [2.45, 2.75) is 25.5 Å². The maximum Gasteiger partial charge on any atom is 0.410 e. The zero-order chi connectivity index (χ0) is 25.1. The van der Waals surface area contributed by atoms with Crippen LogP contribution in [0.1, 0.15) is 29.8 Å². The number of nitrogens with zero attached hydrogens (tertiary/aromatic N) is 2. The Hall–Kier alpha value is -2.78. The molecule has 1 aromatic heterocycles. The lowest BCUT2D eigenvalue weighted by molar-refractivity contribution is 0.0641. The first-order valence-corrected chi connectivity index (χ1v) is 13.0. The van der Waals surface area contributed by atoms with E-state index in [9.17, 15) is 9.90 Å². The minimum atomic E-state index is -0.554. The molecule has 3 aromatic rings. The van der Waals surface area contributed by atoms with E-state index in [2.05, 4.69) is 15.2 Å². The Labute approximate surface area is 216 Å². The van der Waals surface area contributed by atoms with Gasteiger partial charge in [-0.05, 0) is 54.8 Å². The minimum absolute atomic E-state index is 0.231. The Kier molecular flexibility index (Phi) is 7.67. The number of aromatic amines is 1. The quantitative estimate of drug-likeness (QED) is 0.448. The fourth-order valence-electron chi connectivity index (χ4n) is 5.19. The lowest BCUT2D eigenvalue weighted by Crippen LogP contribution is -2.47.